The molecule has 1 aliphatic rings. The van der Waals surface area contributed by atoms with E-state index in [1.807, 2.05) is 23.1 Å². The quantitative estimate of drug-likeness (QED) is 0.269. The number of nitrogens with zero attached hydrogens (tertiary/aromatic N) is 5. The SMILES string of the molecule is CCNC(=NCc1ccccc1Cn1cccn1)NCC(C)CN1CCN(CC)CC1.I. The van der Waals surface area contributed by atoms with Crippen LogP contribution >= 0.6 is 24.0 Å². The van der Waals surface area contributed by atoms with Crippen molar-refractivity contribution in [1.29, 1.82) is 0 Å². The van der Waals surface area contributed by atoms with Crippen molar-refractivity contribution in [2.45, 2.75) is 33.9 Å². The third-order valence-electron chi connectivity index (χ3n) is 5.86. The standard InChI is InChI=1S/C24H39N7.HI/c1-4-25-24(26-17-21(3)19-30-15-13-29(5-2)14-16-30)27-18-22-9-6-7-10-23(22)20-31-12-8-11-28-31;/h6-12,21H,4-5,13-20H2,1-3H3,(H2,25,26,27);1H. The van der Waals surface area contributed by atoms with Crippen molar-refractivity contribution in [3.63, 3.8) is 0 Å². The molecule has 7 nitrogen and oxygen atoms in total. The first-order chi connectivity index (χ1) is 15.2. The van der Waals surface area contributed by atoms with Crippen LogP contribution < -0.4 is 10.6 Å². The van der Waals surface area contributed by atoms with Gasteiger partial charge in [0, 0.05) is 58.2 Å². The molecule has 0 saturated carbocycles. The van der Waals surface area contributed by atoms with Gasteiger partial charge in [-0.25, -0.2) is 4.99 Å². The Morgan fingerprint density at radius 2 is 1.75 bits per heavy atom. The zero-order chi connectivity index (χ0) is 21.9. The van der Waals surface area contributed by atoms with Crippen molar-refractivity contribution < 1.29 is 0 Å². The van der Waals surface area contributed by atoms with Gasteiger partial charge in [0.1, 0.15) is 0 Å². The van der Waals surface area contributed by atoms with Gasteiger partial charge in [-0.1, -0.05) is 38.1 Å². The molecule has 0 spiro atoms. The highest BCUT2D eigenvalue weighted by Gasteiger charge is 2.17. The fourth-order valence-electron chi connectivity index (χ4n) is 4.00. The predicted molar refractivity (Wildman–Crippen MR) is 144 cm³/mol. The molecule has 2 heterocycles. The third kappa shape index (κ3) is 8.71. The minimum Gasteiger partial charge on any atom is -0.357 e. The van der Waals surface area contributed by atoms with E-state index in [1.165, 1.54) is 43.9 Å². The van der Waals surface area contributed by atoms with Crippen molar-refractivity contribution in [2.24, 2.45) is 10.9 Å². The van der Waals surface area contributed by atoms with Crippen LogP contribution in [-0.2, 0) is 13.1 Å². The molecule has 32 heavy (non-hydrogen) atoms. The van der Waals surface area contributed by atoms with E-state index in [-0.39, 0.29) is 24.0 Å². The Labute approximate surface area is 210 Å². The lowest BCUT2D eigenvalue weighted by molar-refractivity contribution is 0.124. The van der Waals surface area contributed by atoms with Gasteiger partial charge in [-0.3, -0.25) is 4.68 Å². The Balaban J connectivity index is 0.00000363. The summed E-state index contributed by atoms with van der Waals surface area (Å²) in [6, 6.07) is 10.4. The summed E-state index contributed by atoms with van der Waals surface area (Å²) in [5.41, 5.74) is 2.49. The van der Waals surface area contributed by atoms with Crippen LogP contribution in [0.3, 0.4) is 0 Å². The number of likely N-dealkylation sites (N-methyl/N-ethyl adjacent to an activating group) is 1. The molecule has 3 rings (SSSR count). The number of rotatable bonds is 10. The topological polar surface area (TPSA) is 60.7 Å². The maximum atomic E-state index is 4.86. The summed E-state index contributed by atoms with van der Waals surface area (Å²) < 4.78 is 1.95. The maximum Gasteiger partial charge on any atom is 0.191 e. The molecule has 1 saturated heterocycles. The number of hydrogen-bond acceptors (Lipinski definition) is 4. The Hall–Kier alpha value is -1.65. The smallest absolute Gasteiger partial charge is 0.191 e. The molecule has 1 aromatic heterocycles. The summed E-state index contributed by atoms with van der Waals surface area (Å²) in [7, 11) is 0. The summed E-state index contributed by atoms with van der Waals surface area (Å²) in [6.45, 7) is 16.9. The molecule has 178 valence electrons. The molecule has 0 radical (unpaired) electrons. The molecule has 0 aliphatic carbocycles. The van der Waals surface area contributed by atoms with Crippen LogP contribution in [0.1, 0.15) is 31.9 Å². The van der Waals surface area contributed by atoms with Crippen LogP contribution in [0.5, 0.6) is 0 Å². The molecule has 8 heteroatoms. The van der Waals surface area contributed by atoms with E-state index in [2.05, 4.69) is 70.6 Å². The predicted octanol–water partition coefficient (Wildman–Crippen LogP) is 2.88. The van der Waals surface area contributed by atoms with Gasteiger partial charge in [0.25, 0.3) is 0 Å². The van der Waals surface area contributed by atoms with Crippen molar-refractivity contribution in [1.82, 2.24) is 30.2 Å². The van der Waals surface area contributed by atoms with Gasteiger partial charge < -0.3 is 20.4 Å². The van der Waals surface area contributed by atoms with Gasteiger partial charge in [0.15, 0.2) is 5.96 Å². The second kappa shape index (κ2) is 14.5. The van der Waals surface area contributed by atoms with Crippen LogP contribution in [-0.4, -0.2) is 77.9 Å². The Bertz CT molecular complexity index is 785. The molecule has 1 aromatic carbocycles. The Kier molecular flexibility index (Phi) is 12.0. The number of nitrogens with one attached hydrogen (secondary N) is 2. The molecule has 0 amide bonds. The number of aliphatic imine (C=N–C) groups is 1. The molecular weight excluding hydrogens is 513 g/mol. The Morgan fingerprint density at radius 3 is 2.41 bits per heavy atom. The fourth-order valence-corrected chi connectivity index (χ4v) is 4.00. The van der Waals surface area contributed by atoms with Crippen LogP contribution in [0.2, 0.25) is 0 Å². The molecule has 1 aliphatic heterocycles. The molecule has 2 aromatic rings. The number of benzene rings is 1. The second-order valence-electron chi connectivity index (χ2n) is 8.39. The molecule has 2 N–H and O–H groups in total. The summed E-state index contributed by atoms with van der Waals surface area (Å²) in [4.78, 5) is 9.98. The van der Waals surface area contributed by atoms with E-state index in [0.29, 0.717) is 12.5 Å². The van der Waals surface area contributed by atoms with Crippen LogP contribution in [0.15, 0.2) is 47.7 Å². The molecule has 0 bridgehead atoms. The number of guanidine groups is 1. The van der Waals surface area contributed by atoms with Crippen LogP contribution in [0.25, 0.3) is 0 Å². The highest BCUT2D eigenvalue weighted by atomic mass is 127. The maximum absolute atomic E-state index is 4.86. The summed E-state index contributed by atoms with van der Waals surface area (Å²) in [6.07, 6.45) is 3.81. The van der Waals surface area contributed by atoms with E-state index < -0.39 is 0 Å². The summed E-state index contributed by atoms with van der Waals surface area (Å²) in [5, 5.41) is 11.3. The number of aromatic nitrogens is 2. The number of piperazine rings is 1. The van der Waals surface area contributed by atoms with Crippen molar-refractivity contribution >= 4 is 29.9 Å². The van der Waals surface area contributed by atoms with Gasteiger partial charge in [0.05, 0.1) is 13.1 Å². The summed E-state index contributed by atoms with van der Waals surface area (Å²) in [5.74, 6) is 1.46. The van der Waals surface area contributed by atoms with Crippen molar-refractivity contribution in [2.75, 3.05) is 52.4 Å². The van der Waals surface area contributed by atoms with Crippen LogP contribution in [0.4, 0.5) is 0 Å². The van der Waals surface area contributed by atoms with E-state index in [0.717, 1.165) is 32.1 Å². The van der Waals surface area contributed by atoms with E-state index in [9.17, 15) is 0 Å². The number of hydrogen-bond donors (Lipinski definition) is 2. The van der Waals surface area contributed by atoms with Gasteiger partial charge in [-0.2, -0.15) is 5.10 Å². The average Bonchev–Trinajstić information content (AvgIpc) is 3.30. The van der Waals surface area contributed by atoms with Crippen LogP contribution in [0, 0.1) is 5.92 Å². The highest BCUT2D eigenvalue weighted by Crippen LogP contribution is 2.12. The normalized spacial score (nSPS) is 16.4. The Morgan fingerprint density at radius 1 is 1.03 bits per heavy atom. The molecule has 1 unspecified atom stereocenters. The number of halogens is 1. The monoisotopic (exact) mass is 553 g/mol. The second-order valence-corrected chi connectivity index (χ2v) is 8.39. The lowest BCUT2D eigenvalue weighted by Gasteiger charge is -2.35. The van der Waals surface area contributed by atoms with Gasteiger partial charge in [-0.15, -0.1) is 24.0 Å². The minimum atomic E-state index is 0. The first-order valence-electron chi connectivity index (χ1n) is 11.7. The lowest BCUT2D eigenvalue weighted by Crippen LogP contribution is -2.48. The molecular formula is C24H40IN7. The lowest BCUT2D eigenvalue weighted by atomic mass is 10.1. The fraction of sp³-hybridized carbons (Fsp3) is 0.583. The minimum absolute atomic E-state index is 0. The summed E-state index contributed by atoms with van der Waals surface area (Å²) >= 11 is 0. The van der Waals surface area contributed by atoms with Crippen molar-refractivity contribution in [3.05, 3.63) is 53.9 Å². The first-order valence-corrected chi connectivity index (χ1v) is 11.7. The molecule has 1 atom stereocenters. The highest BCUT2D eigenvalue weighted by molar-refractivity contribution is 14.0. The average molecular weight is 554 g/mol. The van der Waals surface area contributed by atoms with E-state index >= 15 is 0 Å². The zero-order valence-electron chi connectivity index (χ0n) is 19.8. The van der Waals surface area contributed by atoms with E-state index in [1.54, 1.807) is 0 Å². The first kappa shape index (κ1) is 26.6. The zero-order valence-corrected chi connectivity index (χ0v) is 22.2. The third-order valence-corrected chi connectivity index (χ3v) is 5.86. The van der Waals surface area contributed by atoms with Gasteiger partial charge in [0.2, 0.25) is 0 Å². The largest absolute Gasteiger partial charge is 0.357 e. The van der Waals surface area contributed by atoms with E-state index in [4.69, 9.17) is 4.99 Å². The van der Waals surface area contributed by atoms with Gasteiger partial charge >= 0.3 is 0 Å². The van der Waals surface area contributed by atoms with Crippen molar-refractivity contribution in [3.8, 4) is 0 Å². The van der Waals surface area contributed by atoms with Gasteiger partial charge in [-0.05, 0) is 36.6 Å². The molecule has 1 fully saturated rings.